The molecule has 2 saturated heterocycles. The zero-order valence-corrected chi connectivity index (χ0v) is 18.6. The Morgan fingerprint density at radius 1 is 1.31 bits per heavy atom. The first kappa shape index (κ1) is 21.3. The molecule has 2 aliphatic rings. The molecule has 0 aromatic carbocycles. The number of amides is 1. The van der Waals surface area contributed by atoms with Gasteiger partial charge in [-0.25, -0.2) is 0 Å². The molecule has 1 aromatic heterocycles. The van der Waals surface area contributed by atoms with E-state index in [0.717, 1.165) is 44.4 Å². The fourth-order valence-corrected chi connectivity index (χ4v) is 4.14. The van der Waals surface area contributed by atoms with Gasteiger partial charge in [-0.2, -0.15) is 16.9 Å². The zero-order chi connectivity index (χ0) is 17.6. The summed E-state index contributed by atoms with van der Waals surface area (Å²) in [7, 11) is 3.63. The van der Waals surface area contributed by atoms with Crippen LogP contribution < -0.4 is 10.2 Å². The number of nitrogens with one attached hydrogen (secondary N) is 1. The summed E-state index contributed by atoms with van der Waals surface area (Å²) in [4.78, 5) is 23.2. The lowest BCUT2D eigenvalue weighted by molar-refractivity contribution is -0.120. The quantitative estimate of drug-likeness (QED) is 0.370. The first-order valence-electron chi connectivity index (χ1n) is 8.72. The number of nitrogens with zero attached hydrogens (tertiary/aromatic N) is 6. The highest BCUT2D eigenvalue weighted by Gasteiger charge is 2.27. The molecule has 0 bridgehead atoms. The van der Waals surface area contributed by atoms with Gasteiger partial charge in [0.25, 0.3) is 0 Å². The number of carbonyl (C=O) groups excluding carboxylic acids is 1. The summed E-state index contributed by atoms with van der Waals surface area (Å²) in [6, 6.07) is 0. The van der Waals surface area contributed by atoms with Crippen LogP contribution in [0.3, 0.4) is 0 Å². The van der Waals surface area contributed by atoms with Crippen molar-refractivity contribution in [1.29, 1.82) is 0 Å². The van der Waals surface area contributed by atoms with Crippen LogP contribution in [0.4, 0.5) is 5.69 Å². The topological polar surface area (TPSA) is 69.0 Å². The Balaban J connectivity index is 0.00000243. The van der Waals surface area contributed by atoms with E-state index in [1.54, 1.807) is 22.8 Å². The van der Waals surface area contributed by atoms with Gasteiger partial charge in [-0.1, -0.05) is 0 Å². The summed E-state index contributed by atoms with van der Waals surface area (Å²) in [5.41, 5.74) is 0.859. The molecule has 10 heteroatoms. The number of halogens is 1. The number of aromatic nitrogens is 2. The summed E-state index contributed by atoms with van der Waals surface area (Å²) in [5.74, 6) is 3.33. The van der Waals surface area contributed by atoms with E-state index in [1.807, 2.05) is 29.9 Å². The van der Waals surface area contributed by atoms with Gasteiger partial charge < -0.3 is 15.1 Å². The van der Waals surface area contributed by atoms with Crippen molar-refractivity contribution >= 4 is 53.3 Å². The van der Waals surface area contributed by atoms with Gasteiger partial charge in [0.05, 0.1) is 11.9 Å². The van der Waals surface area contributed by atoms with Gasteiger partial charge in [0.2, 0.25) is 5.91 Å². The molecule has 0 atom stereocenters. The molecule has 2 fully saturated rings. The normalized spacial score (nSPS) is 19.5. The number of piperazine rings is 1. The maximum Gasteiger partial charge on any atom is 0.246 e. The molecule has 0 aliphatic carbocycles. The van der Waals surface area contributed by atoms with Crippen LogP contribution in [0.15, 0.2) is 17.4 Å². The first-order chi connectivity index (χ1) is 12.2. The molecule has 2 aliphatic heterocycles. The highest BCUT2D eigenvalue weighted by molar-refractivity contribution is 14.0. The van der Waals surface area contributed by atoms with Crippen LogP contribution in [0, 0.1) is 0 Å². The number of aryl methyl sites for hydroxylation is 1. The standard InChI is InChI=1S/C16H27N7OS.HI/c1-17-16(18-3-4-21-7-9-25-10-8-21)22-5-6-23(15(24)13-22)14-11-19-20(2)12-14;/h11-12H,3-10,13H2,1-2H3,(H,17,18);1H. The third-order valence-corrected chi connectivity index (χ3v) is 5.49. The number of hydrogen-bond acceptors (Lipinski definition) is 5. The fourth-order valence-electron chi connectivity index (χ4n) is 3.16. The van der Waals surface area contributed by atoms with E-state index in [2.05, 4.69) is 20.3 Å². The van der Waals surface area contributed by atoms with Gasteiger partial charge in [-0.15, -0.1) is 24.0 Å². The van der Waals surface area contributed by atoms with Crippen LogP contribution in [-0.2, 0) is 11.8 Å². The Morgan fingerprint density at radius 3 is 2.69 bits per heavy atom. The average Bonchev–Trinajstić information content (AvgIpc) is 3.05. The van der Waals surface area contributed by atoms with Gasteiger partial charge in [0, 0.05) is 71.1 Å². The predicted molar refractivity (Wildman–Crippen MR) is 118 cm³/mol. The van der Waals surface area contributed by atoms with Crippen molar-refractivity contribution in [1.82, 2.24) is 24.9 Å². The van der Waals surface area contributed by atoms with E-state index in [4.69, 9.17) is 0 Å². The molecule has 1 aromatic rings. The molecule has 1 amide bonds. The Hall–Kier alpha value is -1.01. The molecular formula is C16H28IN7OS. The number of thioether (sulfide) groups is 1. The van der Waals surface area contributed by atoms with Crippen molar-refractivity contribution in [3.63, 3.8) is 0 Å². The molecule has 26 heavy (non-hydrogen) atoms. The van der Waals surface area contributed by atoms with E-state index in [-0.39, 0.29) is 29.9 Å². The largest absolute Gasteiger partial charge is 0.355 e. The van der Waals surface area contributed by atoms with Gasteiger partial charge >= 0.3 is 0 Å². The van der Waals surface area contributed by atoms with E-state index in [9.17, 15) is 4.79 Å². The molecule has 0 saturated carbocycles. The molecule has 0 unspecified atom stereocenters. The van der Waals surface area contributed by atoms with Gasteiger partial charge in [0.1, 0.15) is 6.54 Å². The van der Waals surface area contributed by atoms with Crippen molar-refractivity contribution in [3.8, 4) is 0 Å². The Kier molecular flexibility index (Phi) is 8.48. The van der Waals surface area contributed by atoms with Gasteiger partial charge in [-0.3, -0.25) is 19.4 Å². The van der Waals surface area contributed by atoms with E-state index >= 15 is 0 Å². The summed E-state index contributed by atoms with van der Waals surface area (Å²) in [6.45, 7) is 5.95. The molecule has 0 spiro atoms. The fraction of sp³-hybridized carbons (Fsp3) is 0.688. The van der Waals surface area contributed by atoms with E-state index in [0.29, 0.717) is 13.1 Å². The van der Waals surface area contributed by atoms with Crippen LogP contribution in [0.25, 0.3) is 0 Å². The number of hydrogen-bond donors (Lipinski definition) is 1. The predicted octanol–water partition coefficient (Wildman–Crippen LogP) is 0.311. The molecular weight excluding hydrogens is 465 g/mol. The smallest absolute Gasteiger partial charge is 0.246 e. The minimum absolute atomic E-state index is 0. The maximum atomic E-state index is 12.5. The molecule has 8 nitrogen and oxygen atoms in total. The van der Waals surface area contributed by atoms with Crippen molar-refractivity contribution < 1.29 is 4.79 Å². The molecule has 3 rings (SSSR count). The SMILES string of the molecule is CN=C(NCCN1CCSCC1)N1CCN(c2cnn(C)c2)C(=O)C1.I. The monoisotopic (exact) mass is 493 g/mol. The van der Waals surface area contributed by atoms with Crippen molar-refractivity contribution in [2.24, 2.45) is 12.0 Å². The Bertz CT molecular complexity index is 617. The second-order valence-corrected chi connectivity index (χ2v) is 7.49. The van der Waals surface area contributed by atoms with E-state index < -0.39 is 0 Å². The highest BCUT2D eigenvalue weighted by Crippen LogP contribution is 2.16. The van der Waals surface area contributed by atoms with Crippen molar-refractivity contribution in [2.75, 3.05) is 69.3 Å². The van der Waals surface area contributed by atoms with Crippen LogP contribution >= 0.6 is 35.7 Å². The first-order valence-corrected chi connectivity index (χ1v) is 9.87. The zero-order valence-electron chi connectivity index (χ0n) is 15.4. The Labute approximate surface area is 176 Å². The van der Waals surface area contributed by atoms with Crippen LogP contribution in [0.2, 0.25) is 0 Å². The van der Waals surface area contributed by atoms with Gasteiger partial charge in [0.15, 0.2) is 5.96 Å². The lowest BCUT2D eigenvalue weighted by atomic mass is 10.3. The van der Waals surface area contributed by atoms with E-state index in [1.165, 1.54) is 11.5 Å². The third-order valence-electron chi connectivity index (χ3n) is 4.55. The van der Waals surface area contributed by atoms with Crippen molar-refractivity contribution in [2.45, 2.75) is 0 Å². The number of carbonyl (C=O) groups is 1. The van der Waals surface area contributed by atoms with Crippen LogP contribution in [-0.4, -0.2) is 95.8 Å². The second kappa shape index (κ2) is 10.4. The van der Waals surface area contributed by atoms with Crippen LogP contribution in [0.5, 0.6) is 0 Å². The minimum atomic E-state index is 0. The summed E-state index contributed by atoms with van der Waals surface area (Å²) in [5, 5.41) is 7.55. The van der Waals surface area contributed by atoms with Crippen molar-refractivity contribution in [3.05, 3.63) is 12.4 Å². The third kappa shape index (κ3) is 5.49. The number of anilines is 1. The number of rotatable bonds is 4. The molecule has 146 valence electrons. The van der Waals surface area contributed by atoms with Crippen LogP contribution in [0.1, 0.15) is 0 Å². The molecule has 3 heterocycles. The lowest BCUT2D eigenvalue weighted by Gasteiger charge is -2.35. The van der Waals surface area contributed by atoms with Gasteiger partial charge in [-0.05, 0) is 0 Å². The second-order valence-electron chi connectivity index (χ2n) is 6.27. The summed E-state index contributed by atoms with van der Waals surface area (Å²) in [6.07, 6.45) is 3.61. The molecule has 1 N–H and O–H groups in total. The Morgan fingerprint density at radius 2 is 2.08 bits per heavy atom. The maximum absolute atomic E-state index is 12.5. The lowest BCUT2D eigenvalue weighted by Crippen LogP contribution is -2.56. The summed E-state index contributed by atoms with van der Waals surface area (Å²) >= 11 is 2.02. The molecule has 0 radical (unpaired) electrons. The minimum Gasteiger partial charge on any atom is -0.355 e. The highest BCUT2D eigenvalue weighted by atomic mass is 127. The summed E-state index contributed by atoms with van der Waals surface area (Å²) < 4.78 is 1.72. The number of aliphatic imine (C=N–C) groups is 1. The average molecular weight is 493 g/mol. The number of guanidine groups is 1.